The lowest BCUT2D eigenvalue weighted by molar-refractivity contribution is 0.0847. The minimum Gasteiger partial charge on any atom is -0.294 e. The van der Waals surface area contributed by atoms with Gasteiger partial charge in [-0.25, -0.2) is 0 Å². The van der Waals surface area contributed by atoms with Crippen molar-refractivity contribution in [1.29, 1.82) is 0 Å². The number of halogens is 1. The summed E-state index contributed by atoms with van der Waals surface area (Å²) in [5.74, 6) is 0.186. The van der Waals surface area contributed by atoms with Crippen molar-refractivity contribution in [3.63, 3.8) is 0 Å². The van der Waals surface area contributed by atoms with E-state index in [1.54, 1.807) is 0 Å². The fourth-order valence-electron chi connectivity index (χ4n) is 1.43. The Morgan fingerprint density at radius 3 is 2.29 bits per heavy atom. The summed E-state index contributed by atoms with van der Waals surface area (Å²) >= 11 is 2.24. The molecule has 0 heterocycles. The molecule has 0 amide bonds. The van der Waals surface area contributed by atoms with Gasteiger partial charge in [0.05, 0.1) is 6.54 Å². The van der Waals surface area contributed by atoms with Crippen LogP contribution in [0, 0.1) is 3.57 Å². The van der Waals surface area contributed by atoms with Gasteiger partial charge >= 0.3 is 0 Å². The Balaban J connectivity index is 2.70. The van der Waals surface area contributed by atoms with Crippen molar-refractivity contribution in [3.05, 3.63) is 33.4 Å². The molecule has 0 fully saturated rings. The largest absolute Gasteiger partial charge is 0.294 e. The van der Waals surface area contributed by atoms with Crippen molar-refractivity contribution in [2.45, 2.75) is 32.7 Å². The topological polar surface area (TPSA) is 20.3 Å². The first-order chi connectivity index (χ1) is 7.86. The van der Waals surface area contributed by atoms with E-state index in [1.165, 1.54) is 0 Å². The summed E-state index contributed by atoms with van der Waals surface area (Å²) in [7, 11) is 2.01. The van der Waals surface area contributed by atoms with Gasteiger partial charge in [-0.2, -0.15) is 0 Å². The van der Waals surface area contributed by atoms with Crippen LogP contribution in [0.25, 0.3) is 0 Å². The third kappa shape index (κ3) is 4.07. The molecule has 0 aliphatic carbocycles. The molecule has 0 aliphatic rings. The maximum Gasteiger partial charge on any atom is 0.176 e. The lowest BCUT2D eigenvalue weighted by Crippen LogP contribution is -2.43. The number of nitrogens with zero attached hydrogens (tertiary/aromatic N) is 1. The number of rotatable bonds is 5. The summed E-state index contributed by atoms with van der Waals surface area (Å²) in [6.45, 7) is 6.94. The molecular formula is C14H20INO. The Hall–Kier alpha value is -0.420. The summed E-state index contributed by atoms with van der Waals surface area (Å²) < 4.78 is 1.15. The Morgan fingerprint density at radius 2 is 1.82 bits per heavy atom. The molecule has 3 heteroatoms. The highest BCUT2D eigenvalue weighted by molar-refractivity contribution is 14.1. The second-order valence-electron chi connectivity index (χ2n) is 4.95. The average Bonchev–Trinajstić information content (AvgIpc) is 2.29. The highest BCUT2D eigenvalue weighted by atomic mass is 127. The number of likely N-dealkylation sites (N-methyl/N-ethyl adjacent to an activating group) is 1. The molecule has 94 valence electrons. The zero-order chi connectivity index (χ0) is 13.1. The summed E-state index contributed by atoms with van der Waals surface area (Å²) in [6, 6.07) is 7.74. The van der Waals surface area contributed by atoms with Crippen molar-refractivity contribution in [3.8, 4) is 0 Å². The van der Waals surface area contributed by atoms with E-state index in [-0.39, 0.29) is 11.3 Å². The normalized spacial score (nSPS) is 11.9. The van der Waals surface area contributed by atoms with Gasteiger partial charge in [0.15, 0.2) is 5.78 Å². The fraction of sp³-hybridized carbons (Fsp3) is 0.500. The van der Waals surface area contributed by atoms with Crippen molar-refractivity contribution in [2.75, 3.05) is 13.6 Å². The maximum atomic E-state index is 12.1. The highest BCUT2D eigenvalue weighted by Crippen LogP contribution is 2.17. The fourth-order valence-corrected chi connectivity index (χ4v) is 1.79. The molecule has 17 heavy (non-hydrogen) atoms. The molecule has 0 radical (unpaired) electrons. The molecular weight excluding hydrogens is 325 g/mol. The van der Waals surface area contributed by atoms with Crippen molar-refractivity contribution < 1.29 is 4.79 Å². The molecule has 0 bridgehead atoms. The molecule has 0 aromatic heterocycles. The summed E-state index contributed by atoms with van der Waals surface area (Å²) in [4.78, 5) is 14.2. The van der Waals surface area contributed by atoms with Crippen LogP contribution in [0.2, 0.25) is 0 Å². The van der Waals surface area contributed by atoms with Crippen LogP contribution in [0.5, 0.6) is 0 Å². The highest BCUT2D eigenvalue weighted by Gasteiger charge is 2.23. The first-order valence-electron chi connectivity index (χ1n) is 5.87. The Morgan fingerprint density at radius 1 is 1.29 bits per heavy atom. The maximum absolute atomic E-state index is 12.1. The second kappa shape index (κ2) is 5.96. The second-order valence-corrected chi connectivity index (χ2v) is 6.20. The van der Waals surface area contributed by atoms with E-state index in [4.69, 9.17) is 0 Å². The molecule has 2 nitrogen and oxygen atoms in total. The lowest BCUT2D eigenvalue weighted by atomic mass is 9.99. The first-order valence-corrected chi connectivity index (χ1v) is 6.94. The van der Waals surface area contributed by atoms with Crippen LogP contribution in [0.1, 0.15) is 37.6 Å². The van der Waals surface area contributed by atoms with Gasteiger partial charge in [0.2, 0.25) is 0 Å². The van der Waals surface area contributed by atoms with Gasteiger partial charge in [-0.1, -0.05) is 19.1 Å². The zero-order valence-corrected chi connectivity index (χ0v) is 13.1. The number of Topliss-reactive ketones (excluding diaryl/α,β-unsaturated/α-hetero) is 1. The van der Waals surface area contributed by atoms with E-state index in [0.717, 1.165) is 15.6 Å². The van der Waals surface area contributed by atoms with E-state index < -0.39 is 0 Å². The van der Waals surface area contributed by atoms with E-state index in [1.807, 2.05) is 31.3 Å². The molecule has 0 spiro atoms. The van der Waals surface area contributed by atoms with E-state index in [0.29, 0.717) is 6.54 Å². The van der Waals surface area contributed by atoms with E-state index >= 15 is 0 Å². The molecule has 0 unspecified atom stereocenters. The van der Waals surface area contributed by atoms with Crippen LogP contribution in [0.3, 0.4) is 0 Å². The molecule has 0 aliphatic heterocycles. The standard InChI is InChI=1S/C14H20INO/c1-5-14(2,3)16(4)10-13(17)11-6-8-12(15)9-7-11/h6-9H,5,10H2,1-4H3. The van der Waals surface area contributed by atoms with E-state index in [2.05, 4.69) is 48.3 Å². The number of carbonyl (C=O) groups excluding carboxylic acids is 1. The first kappa shape index (κ1) is 14.6. The third-order valence-corrected chi connectivity index (χ3v) is 4.16. The Labute approximate surface area is 118 Å². The smallest absolute Gasteiger partial charge is 0.176 e. The van der Waals surface area contributed by atoms with Crippen LogP contribution < -0.4 is 0 Å². The molecule has 0 saturated heterocycles. The van der Waals surface area contributed by atoms with Gasteiger partial charge < -0.3 is 0 Å². The van der Waals surface area contributed by atoms with Gasteiger partial charge in [0.25, 0.3) is 0 Å². The van der Waals surface area contributed by atoms with Gasteiger partial charge in [0, 0.05) is 14.7 Å². The molecule has 0 saturated carbocycles. The number of carbonyl (C=O) groups is 1. The molecule has 1 aromatic carbocycles. The zero-order valence-electron chi connectivity index (χ0n) is 11.0. The van der Waals surface area contributed by atoms with E-state index in [9.17, 15) is 4.79 Å². The number of benzene rings is 1. The van der Waals surface area contributed by atoms with Crippen LogP contribution in [0.4, 0.5) is 0 Å². The van der Waals surface area contributed by atoms with Crippen LogP contribution >= 0.6 is 22.6 Å². The van der Waals surface area contributed by atoms with Gasteiger partial charge in [-0.15, -0.1) is 0 Å². The van der Waals surface area contributed by atoms with Gasteiger partial charge in [-0.05, 0) is 62.0 Å². The predicted octanol–water partition coefficient (Wildman–Crippen LogP) is 3.59. The quantitative estimate of drug-likeness (QED) is 0.600. The monoisotopic (exact) mass is 345 g/mol. The lowest BCUT2D eigenvalue weighted by Gasteiger charge is -2.34. The SMILES string of the molecule is CCC(C)(C)N(C)CC(=O)c1ccc(I)cc1. The summed E-state index contributed by atoms with van der Waals surface area (Å²) in [5.41, 5.74) is 0.864. The van der Waals surface area contributed by atoms with Gasteiger partial charge in [-0.3, -0.25) is 9.69 Å². The molecule has 0 N–H and O–H groups in total. The minimum absolute atomic E-state index is 0.0683. The number of hydrogen-bond donors (Lipinski definition) is 0. The van der Waals surface area contributed by atoms with Crippen LogP contribution in [0.15, 0.2) is 24.3 Å². The van der Waals surface area contributed by atoms with Crippen molar-refractivity contribution in [2.24, 2.45) is 0 Å². The summed E-state index contributed by atoms with van der Waals surface area (Å²) in [6.07, 6.45) is 1.03. The molecule has 0 atom stereocenters. The molecule has 1 rings (SSSR count). The van der Waals surface area contributed by atoms with Crippen molar-refractivity contribution >= 4 is 28.4 Å². The Kier molecular flexibility index (Phi) is 5.13. The third-order valence-electron chi connectivity index (χ3n) is 3.45. The number of hydrogen-bond acceptors (Lipinski definition) is 2. The number of ketones is 1. The average molecular weight is 345 g/mol. The predicted molar refractivity (Wildman–Crippen MR) is 80.5 cm³/mol. The van der Waals surface area contributed by atoms with Crippen LogP contribution in [-0.2, 0) is 0 Å². The van der Waals surface area contributed by atoms with Crippen molar-refractivity contribution in [1.82, 2.24) is 4.90 Å². The van der Waals surface area contributed by atoms with Gasteiger partial charge in [0.1, 0.15) is 0 Å². The molecule has 1 aromatic rings. The Bertz CT molecular complexity index is 384. The summed E-state index contributed by atoms with van der Waals surface area (Å²) in [5, 5.41) is 0. The minimum atomic E-state index is 0.0683. The van der Waals surface area contributed by atoms with Crippen LogP contribution in [-0.4, -0.2) is 29.8 Å².